The van der Waals surface area contributed by atoms with Crippen LogP contribution in [0.1, 0.15) is 90.0 Å². The molecule has 2 aromatic carbocycles. The van der Waals surface area contributed by atoms with Gasteiger partial charge in [-0.25, -0.2) is 4.98 Å². The molecule has 1 unspecified atom stereocenters. The lowest BCUT2D eigenvalue weighted by atomic mass is 9.71. The van der Waals surface area contributed by atoms with E-state index in [1.807, 2.05) is 24.2 Å². The molecule has 336 valence electrons. The minimum atomic E-state index is -0.321. The Bertz CT molecular complexity index is 2180. The van der Waals surface area contributed by atoms with E-state index in [9.17, 15) is 19.2 Å². The summed E-state index contributed by atoms with van der Waals surface area (Å²) in [6.07, 6.45) is 11.6. The molecule has 1 N–H and O–H groups in total. The van der Waals surface area contributed by atoms with Gasteiger partial charge in [-0.3, -0.25) is 29.4 Å². The second-order valence-corrected chi connectivity index (χ2v) is 18.6. The van der Waals surface area contributed by atoms with Crippen molar-refractivity contribution in [3.63, 3.8) is 0 Å². The largest absolute Gasteiger partial charge is 0.496 e. The maximum Gasteiger partial charge on any atom is 0.254 e. The summed E-state index contributed by atoms with van der Waals surface area (Å²) in [5.41, 5.74) is 8.16. The average Bonchev–Trinajstić information content (AvgIpc) is 3.60. The van der Waals surface area contributed by atoms with Crippen molar-refractivity contribution in [1.82, 2.24) is 29.9 Å². The number of likely N-dealkylation sites (tertiary alicyclic amines) is 2. The molecule has 1 atom stereocenters. The minimum Gasteiger partial charge on any atom is -0.496 e. The van der Waals surface area contributed by atoms with Gasteiger partial charge < -0.3 is 34.0 Å². The molecule has 3 aromatic rings. The first kappa shape index (κ1) is 44.1. The van der Waals surface area contributed by atoms with E-state index >= 15 is 0 Å². The van der Waals surface area contributed by atoms with Gasteiger partial charge in [-0.1, -0.05) is 6.07 Å². The van der Waals surface area contributed by atoms with Gasteiger partial charge in [-0.2, -0.15) is 0 Å². The van der Waals surface area contributed by atoms with Gasteiger partial charge >= 0.3 is 0 Å². The second kappa shape index (κ2) is 19.1. The molecule has 14 heteroatoms. The molecule has 5 aliphatic rings. The summed E-state index contributed by atoms with van der Waals surface area (Å²) in [6.45, 7) is 14.8. The third-order valence-corrected chi connectivity index (χ3v) is 14.4. The standard InChI is InChI=1S/C49H64N8O6/c1-34-25-50-46(55-15-6-16-55)24-40(34)42(28-52(3)33-59)38-21-44(62-4)43(45(22-38)63-5)29-53-17-11-36(12-18-53)26-54-19-13-49(14-20-54)30-56(31-49)39-9-8-37-27-57(48(61)41(37)23-39)35(2)7-10-47(60)51-32-58/h8-9,21-25,28,32-33,35-36H,6-7,10-20,26-27,29-31H2,1-5H3,(H,51,58,60)/b42-28-. The fraction of sp³-hybridized carbons (Fsp3) is 0.531. The first-order chi connectivity index (χ1) is 30.5. The number of aryl methyl sites for hydroxylation is 1. The molecule has 1 aromatic heterocycles. The van der Waals surface area contributed by atoms with E-state index < -0.39 is 0 Å². The third-order valence-electron chi connectivity index (χ3n) is 14.4. The van der Waals surface area contributed by atoms with Crippen LogP contribution in [0.5, 0.6) is 11.5 Å². The van der Waals surface area contributed by atoms with Crippen LogP contribution in [-0.2, 0) is 27.5 Å². The molecule has 0 radical (unpaired) electrons. The highest BCUT2D eigenvalue weighted by Crippen LogP contribution is 2.44. The number of hydrogen-bond acceptors (Lipinski definition) is 11. The van der Waals surface area contributed by atoms with Crippen molar-refractivity contribution in [3.05, 3.63) is 82.2 Å². The first-order valence-electron chi connectivity index (χ1n) is 22.7. The smallest absolute Gasteiger partial charge is 0.254 e. The average molecular weight is 861 g/mol. The number of hydrogen-bond donors (Lipinski definition) is 1. The number of imide groups is 1. The molecular formula is C49H64N8O6. The Kier molecular flexibility index (Phi) is 13.4. The van der Waals surface area contributed by atoms with E-state index in [1.54, 1.807) is 26.2 Å². The maximum atomic E-state index is 13.4. The van der Waals surface area contributed by atoms with Crippen LogP contribution in [0.15, 0.2) is 48.8 Å². The minimum absolute atomic E-state index is 0.0222. The number of methoxy groups -OCH3 is 2. The molecule has 63 heavy (non-hydrogen) atoms. The molecule has 1 spiro atoms. The van der Waals surface area contributed by atoms with Crippen LogP contribution in [0.2, 0.25) is 0 Å². The summed E-state index contributed by atoms with van der Waals surface area (Å²) in [5, 5.41) is 2.18. The Hall–Kier alpha value is -5.47. The number of nitrogens with zero attached hydrogens (tertiary/aromatic N) is 7. The molecule has 4 fully saturated rings. The van der Waals surface area contributed by atoms with E-state index in [4.69, 9.17) is 14.5 Å². The van der Waals surface area contributed by atoms with Crippen molar-refractivity contribution < 1.29 is 28.7 Å². The Balaban J connectivity index is 0.826. The van der Waals surface area contributed by atoms with Crippen molar-refractivity contribution in [3.8, 4) is 11.5 Å². The van der Waals surface area contributed by atoms with Crippen molar-refractivity contribution >= 4 is 41.7 Å². The van der Waals surface area contributed by atoms with Gasteiger partial charge in [0.05, 0.1) is 19.8 Å². The summed E-state index contributed by atoms with van der Waals surface area (Å²) in [7, 11) is 5.19. The number of anilines is 2. The van der Waals surface area contributed by atoms with Gasteiger partial charge in [0.15, 0.2) is 0 Å². The number of carbonyl (C=O) groups is 4. The van der Waals surface area contributed by atoms with Crippen molar-refractivity contribution in [2.75, 3.05) is 90.0 Å². The van der Waals surface area contributed by atoms with Crippen molar-refractivity contribution in [1.29, 1.82) is 0 Å². The van der Waals surface area contributed by atoms with Crippen molar-refractivity contribution in [2.24, 2.45) is 11.3 Å². The normalized spacial score (nSPS) is 19.6. The van der Waals surface area contributed by atoms with Crippen LogP contribution < -0.4 is 24.6 Å². The predicted octanol–water partition coefficient (Wildman–Crippen LogP) is 5.31. The van der Waals surface area contributed by atoms with Gasteiger partial charge in [0.25, 0.3) is 5.91 Å². The Morgan fingerprint density at radius 3 is 2.32 bits per heavy atom. The fourth-order valence-electron chi connectivity index (χ4n) is 10.2. The van der Waals surface area contributed by atoms with Gasteiger partial charge in [-0.05, 0) is 137 Å². The molecule has 8 rings (SSSR count). The lowest BCUT2D eigenvalue weighted by Crippen LogP contribution is -2.60. The number of carbonyl (C=O) groups excluding carboxylic acids is 4. The highest BCUT2D eigenvalue weighted by atomic mass is 16.5. The summed E-state index contributed by atoms with van der Waals surface area (Å²) in [6, 6.07) is 12.5. The van der Waals surface area contributed by atoms with Gasteiger partial charge in [0.1, 0.15) is 17.3 Å². The zero-order valence-corrected chi connectivity index (χ0v) is 37.7. The van der Waals surface area contributed by atoms with Crippen LogP contribution in [0.3, 0.4) is 0 Å². The van der Waals surface area contributed by atoms with E-state index in [2.05, 4.69) is 68.2 Å². The predicted molar refractivity (Wildman–Crippen MR) is 244 cm³/mol. The number of rotatable bonds is 17. The van der Waals surface area contributed by atoms with Crippen LogP contribution in [-0.4, -0.2) is 135 Å². The van der Waals surface area contributed by atoms with E-state index in [-0.39, 0.29) is 24.3 Å². The van der Waals surface area contributed by atoms with Gasteiger partial charge in [0.2, 0.25) is 18.7 Å². The van der Waals surface area contributed by atoms with E-state index in [0.717, 1.165) is 147 Å². The highest BCUT2D eigenvalue weighted by molar-refractivity contribution is 5.99. The quantitative estimate of drug-likeness (QED) is 0.178. The zero-order chi connectivity index (χ0) is 44.3. The van der Waals surface area contributed by atoms with E-state index in [0.29, 0.717) is 30.7 Å². The van der Waals surface area contributed by atoms with Gasteiger partial charge in [-0.15, -0.1) is 0 Å². The SMILES string of the molecule is COc1cc(/C(=C/N(C)C=O)c2cc(N3CCC3)ncc2C)cc(OC)c1CN1CCC(CN2CCC3(CC2)CN(c2ccc4c(c2)C(=O)N(C(C)CCC(=O)NC=O)C4)C3)CC1. The van der Waals surface area contributed by atoms with Crippen LogP contribution in [0.25, 0.3) is 5.57 Å². The Morgan fingerprint density at radius 2 is 1.68 bits per heavy atom. The number of aromatic nitrogens is 1. The first-order valence-corrected chi connectivity index (χ1v) is 22.7. The zero-order valence-electron chi connectivity index (χ0n) is 37.7. The number of nitrogens with one attached hydrogen (secondary N) is 1. The van der Waals surface area contributed by atoms with Crippen molar-refractivity contribution in [2.45, 2.75) is 77.9 Å². The Labute approximate surface area is 372 Å². The number of ether oxygens (including phenoxy) is 2. The van der Waals surface area contributed by atoms with E-state index in [1.165, 1.54) is 19.3 Å². The molecule has 0 aliphatic carbocycles. The van der Waals surface area contributed by atoms with Gasteiger partial charge in [0, 0.05) is 100.0 Å². The molecule has 4 amide bonds. The molecule has 6 heterocycles. The molecular weight excluding hydrogens is 797 g/mol. The lowest BCUT2D eigenvalue weighted by molar-refractivity contribution is -0.125. The topological polar surface area (TPSA) is 131 Å². The lowest BCUT2D eigenvalue weighted by Gasteiger charge is -2.55. The number of fused-ring (bicyclic) bond motifs is 1. The maximum absolute atomic E-state index is 13.4. The number of amides is 4. The fourth-order valence-corrected chi connectivity index (χ4v) is 10.2. The van der Waals surface area contributed by atoms with Crippen LogP contribution in [0.4, 0.5) is 11.5 Å². The number of benzene rings is 2. The molecule has 0 saturated carbocycles. The second-order valence-electron chi connectivity index (χ2n) is 18.6. The van der Waals surface area contributed by atoms with Crippen LogP contribution in [0, 0.1) is 18.3 Å². The summed E-state index contributed by atoms with van der Waals surface area (Å²) in [5.74, 6) is 2.87. The highest BCUT2D eigenvalue weighted by Gasteiger charge is 2.45. The summed E-state index contributed by atoms with van der Waals surface area (Å²) in [4.78, 5) is 65.6. The summed E-state index contributed by atoms with van der Waals surface area (Å²) < 4.78 is 12.1. The Morgan fingerprint density at radius 1 is 0.968 bits per heavy atom. The molecule has 14 nitrogen and oxygen atoms in total. The molecule has 5 aliphatic heterocycles. The molecule has 4 saturated heterocycles. The molecule has 0 bridgehead atoms. The third kappa shape index (κ3) is 9.57. The summed E-state index contributed by atoms with van der Waals surface area (Å²) >= 11 is 0. The number of pyridine rings is 1. The monoisotopic (exact) mass is 860 g/mol. The number of piperidine rings is 2. The van der Waals surface area contributed by atoms with Crippen LogP contribution >= 0.6 is 0 Å².